The Kier molecular flexibility index (Phi) is 10.3. The van der Waals surface area contributed by atoms with Gasteiger partial charge in [0.1, 0.15) is 11.7 Å². The highest BCUT2D eigenvalue weighted by Gasteiger charge is 2.21. The van der Waals surface area contributed by atoms with Crippen LogP contribution in [-0.4, -0.2) is 24.5 Å². The molecule has 0 saturated heterocycles. The molecule has 0 aromatic carbocycles. The van der Waals surface area contributed by atoms with Gasteiger partial charge in [-0.05, 0) is 20.3 Å². The van der Waals surface area contributed by atoms with Gasteiger partial charge in [-0.15, -0.1) is 0 Å². The van der Waals surface area contributed by atoms with E-state index < -0.39 is 11.9 Å². The Morgan fingerprint density at radius 1 is 1.29 bits per heavy atom. The third-order valence-electron chi connectivity index (χ3n) is 1.47. The van der Waals surface area contributed by atoms with Gasteiger partial charge in [-0.25, -0.2) is 0 Å². The van der Waals surface area contributed by atoms with Crippen molar-refractivity contribution < 1.29 is 23.9 Å². The number of Topliss-reactive ketones (excluding diaryl/α,β-unsaturated/α-hetero) is 1. The number of ketones is 1. The van der Waals surface area contributed by atoms with Gasteiger partial charge in [-0.1, -0.05) is 6.92 Å². The minimum atomic E-state index is -0.560. The quantitative estimate of drug-likeness (QED) is 0.492. The molecule has 0 fully saturated rings. The second-order valence-electron chi connectivity index (χ2n) is 2.41. The summed E-state index contributed by atoms with van der Waals surface area (Å²) in [6, 6.07) is 0. The summed E-state index contributed by atoms with van der Waals surface area (Å²) < 4.78 is 4.70. The Morgan fingerprint density at radius 3 is 1.93 bits per heavy atom. The number of carbonyl (C=O) groups is 2. The number of rotatable bonds is 4. The van der Waals surface area contributed by atoms with E-state index in [0.717, 1.165) is 0 Å². The molecular weight excluding hydrogens is 188 g/mol. The summed E-state index contributed by atoms with van der Waals surface area (Å²) in [7, 11) is 0. The van der Waals surface area contributed by atoms with Crippen molar-refractivity contribution >= 4 is 17.9 Å². The van der Waals surface area contributed by atoms with Crippen LogP contribution in [0.1, 0.15) is 27.2 Å². The Balaban J connectivity index is 0. The van der Waals surface area contributed by atoms with E-state index in [4.69, 9.17) is 14.3 Å². The Morgan fingerprint density at radius 2 is 1.71 bits per heavy atom. The number of ether oxygens (including phenoxy) is 1. The molecule has 0 aliphatic rings. The fourth-order valence-electron chi connectivity index (χ4n) is 0.863. The number of hydrogen-bond acceptors (Lipinski definition) is 5. The third-order valence-corrected chi connectivity index (χ3v) is 1.47. The predicted octanol–water partition coefficient (Wildman–Crippen LogP) is 0.581. The van der Waals surface area contributed by atoms with E-state index in [1.54, 1.807) is 13.8 Å². The van der Waals surface area contributed by atoms with Crippen LogP contribution in [0.5, 0.6) is 0 Å². The van der Waals surface area contributed by atoms with Gasteiger partial charge in [0.15, 0.2) is 0 Å². The molecule has 0 aromatic heterocycles. The van der Waals surface area contributed by atoms with Gasteiger partial charge in [0.05, 0.1) is 6.61 Å². The second-order valence-corrected chi connectivity index (χ2v) is 2.41. The molecule has 0 aliphatic carbocycles. The topological polar surface area (TPSA) is 77.5 Å². The minimum absolute atomic E-state index is 0.119. The summed E-state index contributed by atoms with van der Waals surface area (Å²) in [5.74, 6) is -1.08. The molecule has 80 valence electrons. The average Bonchev–Trinajstić information content (AvgIpc) is 2.06. The van der Waals surface area contributed by atoms with Gasteiger partial charge in [0.2, 0.25) is 0 Å². The van der Waals surface area contributed by atoms with Crippen LogP contribution in [0.4, 0.5) is 0 Å². The van der Waals surface area contributed by atoms with Crippen LogP contribution in [0.25, 0.3) is 0 Å². The van der Waals surface area contributed by atoms with Crippen molar-refractivity contribution in [2.45, 2.75) is 27.2 Å². The third kappa shape index (κ3) is 7.18. The van der Waals surface area contributed by atoms with E-state index in [2.05, 4.69) is 0 Å². The standard InChI is InChI=1S/C8H14O3.CO2/c1-4-7(6(3)9)8(10)11-5-2;2-1-3/h7H,4-5H2,1-3H3;. The lowest BCUT2D eigenvalue weighted by molar-refractivity contribution is -0.191. The lowest BCUT2D eigenvalue weighted by atomic mass is 10.0. The Labute approximate surface area is 82.4 Å². The average molecular weight is 202 g/mol. The van der Waals surface area contributed by atoms with E-state index >= 15 is 0 Å². The Hall–Kier alpha value is -1.48. The first-order valence-electron chi connectivity index (χ1n) is 4.21. The van der Waals surface area contributed by atoms with E-state index in [1.165, 1.54) is 6.92 Å². The normalized spacial score (nSPS) is 10.2. The van der Waals surface area contributed by atoms with Crippen LogP contribution in [0, 0.1) is 5.92 Å². The maximum Gasteiger partial charge on any atom is 0.373 e. The molecule has 1 atom stereocenters. The molecule has 0 spiro atoms. The Bertz CT molecular complexity index is 215. The van der Waals surface area contributed by atoms with E-state index in [1.807, 2.05) is 0 Å². The molecule has 5 nitrogen and oxygen atoms in total. The summed E-state index contributed by atoms with van der Waals surface area (Å²) in [5.41, 5.74) is 0. The van der Waals surface area contributed by atoms with Crippen LogP contribution in [-0.2, 0) is 23.9 Å². The summed E-state index contributed by atoms with van der Waals surface area (Å²) >= 11 is 0. The van der Waals surface area contributed by atoms with Crippen molar-refractivity contribution in [2.75, 3.05) is 6.61 Å². The second kappa shape index (κ2) is 9.61. The summed E-state index contributed by atoms with van der Waals surface area (Å²) in [6.45, 7) is 5.27. The molecule has 0 rings (SSSR count). The first-order valence-corrected chi connectivity index (χ1v) is 4.21. The van der Waals surface area contributed by atoms with Crippen LogP contribution in [0.15, 0.2) is 0 Å². The molecule has 0 heterocycles. The molecule has 0 bridgehead atoms. The zero-order chi connectivity index (χ0) is 11.6. The monoisotopic (exact) mass is 202 g/mol. The van der Waals surface area contributed by atoms with Crippen molar-refractivity contribution in [3.8, 4) is 0 Å². The summed E-state index contributed by atoms with van der Waals surface area (Å²) in [6.07, 6.45) is 0.772. The highest BCUT2D eigenvalue weighted by molar-refractivity contribution is 5.97. The number of esters is 1. The van der Waals surface area contributed by atoms with E-state index in [-0.39, 0.29) is 11.9 Å². The van der Waals surface area contributed by atoms with Crippen LogP contribution in [0.3, 0.4) is 0 Å². The molecule has 0 saturated carbocycles. The first-order chi connectivity index (χ1) is 6.54. The smallest absolute Gasteiger partial charge is 0.373 e. The summed E-state index contributed by atoms with van der Waals surface area (Å²) in [4.78, 5) is 38.0. The van der Waals surface area contributed by atoms with Crippen molar-refractivity contribution in [3.63, 3.8) is 0 Å². The largest absolute Gasteiger partial charge is 0.465 e. The fraction of sp³-hybridized carbons (Fsp3) is 0.667. The van der Waals surface area contributed by atoms with E-state index in [9.17, 15) is 9.59 Å². The predicted molar refractivity (Wildman–Crippen MR) is 46.1 cm³/mol. The van der Waals surface area contributed by atoms with Crippen molar-refractivity contribution in [2.24, 2.45) is 5.92 Å². The molecule has 0 amide bonds. The maximum atomic E-state index is 11.0. The molecule has 0 N–H and O–H groups in total. The zero-order valence-electron chi connectivity index (χ0n) is 8.53. The van der Waals surface area contributed by atoms with Gasteiger partial charge in [0, 0.05) is 0 Å². The lowest BCUT2D eigenvalue weighted by Crippen LogP contribution is -2.23. The molecule has 0 aromatic rings. The minimum Gasteiger partial charge on any atom is -0.465 e. The highest BCUT2D eigenvalue weighted by Crippen LogP contribution is 2.05. The molecule has 0 radical (unpaired) electrons. The molecule has 1 unspecified atom stereocenters. The number of hydrogen-bond donors (Lipinski definition) is 0. The van der Waals surface area contributed by atoms with Crippen molar-refractivity contribution in [1.29, 1.82) is 0 Å². The first kappa shape index (κ1) is 15.0. The van der Waals surface area contributed by atoms with Crippen molar-refractivity contribution in [1.82, 2.24) is 0 Å². The molecule has 14 heavy (non-hydrogen) atoms. The van der Waals surface area contributed by atoms with Gasteiger partial charge in [-0.3, -0.25) is 9.59 Å². The molecular formula is C9H14O5. The molecule has 5 heteroatoms. The molecule has 0 aliphatic heterocycles. The fourth-order valence-corrected chi connectivity index (χ4v) is 0.863. The van der Waals surface area contributed by atoms with Crippen LogP contribution < -0.4 is 0 Å². The lowest BCUT2D eigenvalue weighted by Gasteiger charge is -2.08. The summed E-state index contributed by atoms with van der Waals surface area (Å²) in [5, 5.41) is 0. The van der Waals surface area contributed by atoms with Gasteiger partial charge >= 0.3 is 12.1 Å². The van der Waals surface area contributed by atoms with Gasteiger partial charge < -0.3 is 4.74 Å². The van der Waals surface area contributed by atoms with Crippen molar-refractivity contribution in [3.05, 3.63) is 0 Å². The van der Waals surface area contributed by atoms with Crippen LogP contribution in [0.2, 0.25) is 0 Å². The zero-order valence-corrected chi connectivity index (χ0v) is 8.53. The van der Waals surface area contributed by atoms with Gasteiger partial charge in [0.25, 0.3) is 0 Å². The van der Waals surface area contributed by atoms with Crippen LogP contribution >= 0.6 is 0 Å². The highest BCUT2D eigenvalue weighted by atomic mass is 16.5. The van der Waals surface area contributed by atoms with E-state index in [0.29, 0.717) is 13.0 Å². The SMILES string of the molecule is CCOC(=O)C(CC)C(C)=O.O=C=O. The maximum absolute atomic E-state index is 11.0. The number of carbonyl (C=O) groups excluding carboxylic acids is 4. The van der Waals surface area contributed by atoms with Gasteiger partial charge in [-0.2, -0.15) is 9.59 Å².